The minimum atomic E-state index is -3.83. The molecule has 0 bridgehead atoms. The van der Waals surface area contributed by atoms with Crippen LogP contribution in [0.5, 0.6) is 11.5 Å². The first kappa shape index (κ1) is 23.1. The molecule has 8 heteroatoms. The summed E-state index contributed by atoms with van der Waals surface area (Å²) in [6.45, 7) is 5.62. The molecule has 32 heavy (non-hydrogen) atoms. The summed E-state index contributed by atoms with van der Waals surface area (Å²) >= 11 is 0. The predicted octanol–water partition coefficient (Wildman–Crippen LogP) is 4.44. The lowest BCUT2D eigenvalue weighted by Crippen LogP contribution is -2.20. The van der Waals surface area contributed by atoms with Gasteiger partial charge in [-0.2, -0.15) is 0 Å². The number of hydrogen-bond donors (Lipinski definition) is 2. The molecule has 0 aliphatic heterocycles. The zero-order valence-corrected chi connectivity index (χ0v) is 19.2. The smallest absolute Gasteiger partial charge is 0.262 e. The van der Waals surface area contributed by atoms with Crippen LogP contribution in [0.2, 0.25) is 0 Å². The van der Waals surface area contributed by atoms with E-state index in [-0.39, 0.29) is 17.4 Å². The van der Waals surface area contributed by atoms with Gasteiger partial charge in [0.05, 0.1) is 17.7 Å². The van der Waals surface area contributed by atoms with Crippen LogP contribution >= 0.6 is 0 Å². The summed E-state index contributed by atoms with van der Waals surface area (Å²) in [5.41, 5.74) is 3.81. The van der Waals surface area contributed by atoms with Crippen LogP contribution in [0.15, 0.2) is 65.6 Å². The van der Waals surface area contributed by atoms with Gasteiger partial charge < -0.3 is 14.8 Å². The van der Waals surface area contributed by atoms with E-state index in [4.69, 9.17) is 9.47 Å². The highest BCUT2D eigenvalue weighted by Crippen LogP contribution is 2.28. The first-order valence-corrected chi connectivity index (χ1v) is 11.4. The summed E-state index contributed by atoms with van der Waals surface area (Å²) in [7, 11) is -2.35. The summed E-state index contributed by atoms with van der Waals surface area (Å²) < 4.78 is 38.8. The van der Waals surface area contributed by atoms with Crippen molar-refractivity contribution in [3.8, 4) is 11.5 Å². The molecule has 0 aromatic heterocycles. The van der Waals surface area contributed by atoms with Crippen molar-refractivity contribution in [3.63, 3.8) is 0 Å². The summed E-state index contributed by atoms with van der Waals surface area (Å²) in [4.78, 5) is 12.3. The number of rotatable bonds is 8. The molecule has 0 aliphatic rings. The van der Waals surface area contributed by atoms with Crippen molar-refractivity contribution in [2.45, 2.75) is 25.7 Å². The normalized spacial score (nSPS) is 11.0. The van der Waals surface area contributed by atoms with Crippen molar-refractivity contribution in [2.24, 2.45) is 0 Å². The third-order valence-corrected chi connectivity index (χ3v) is 5.99. The van der Waals surface area contributed by atoms with Crippen LogP contribution in [0.25, 0.3) is 0 Å². The van der Waals surface area contributed by atoms with Gasteiger partial charge in [-0.1, -0.05) is 12.1 Å². The number of hydrogen-bond acceptors (Lipinski definition) is 5. The zero-order valence-electron chi connectivity index (χ0n) is 18.4. The topological polar surface area (TPSA) is 93.7 Å². The molecular formula is C24H26N2O5S. The van der Waals surface area contributed by atoms with Crippen LogP contribution in [-0.2, 0) is 14.8 Å². The molecule has 0 heterocycles. The maximum absolute atomic E-state index is 12.8. The molecule has 3 aromatic carbocycles. The molecule has 3 aromatic rings. The lowest BCUT2D eigenvalue weighted by molar-refractivity contribution is -0.118. The number of ether oxygens (including phenoxy) is 2. The Labute approximate surface area is 188 Å². The highest BCUT2D eigenvalue weighted by Gasteiger charge is 2.17. The van der Waals surface area contributed by atoms with Gasteiger partial charge in [-0.3, -0.25) is 9.52 Å². The molecule has 7 nitrogen and oxygen atoms in total. The van der Waals surface area contributed by atoms with Crippen molar-refractivity contribution < 1.29 is 22.7 Å². The highest BCUT2D eigenvalue weighted by atomic mass is 32.2. The number of nitrogens with one attached hydrogen (secondary N) is 2. The van der Waals surface area contributed by atoms with E-state index in [0.29, 0.717) is 22.9 Å². The van der Waals surface area contributed by atoms with Gasteiger partial charge in [0.15, 0.2) is 6.61 Å². The monoisotopic (exact) mass is 454 g/mol. The summed E-state index contributed by atoms with van der Waals surface area (Å²) in [6.07, 6.45) is 0. The number of methoxy groups -OCH3 is 1. The fourth-order valence-corrected chi connectivity index (χ4v) is 4.25. The van der Waals surface area contributed by atoms with E-state index >= 15 is 0 Å². The van der Waals surface area contributed by atoms with Crippen LogP contribution in [0.4, 0.5) is 11.4 Å². The van der Waals surface area contributed by atoms with E-state index in [1.54, 1.807) is 12.1 Å². The van der Waals surface area contributed by atoms with Gasteiger partial charge in [-0.25, -0.2) is 8.42 Å². The average molecular weight is 455 g/mol. The molecule has 0 aliphatic carbocycles. The van der Waals surface area contributed by atoms with Gasteiger partial charge in [-0.15, -0.1) is 0 Å². The Morgan fingerprint density at radius 3 is 2.16 bits per heavy atom. The van der Waals surface area contributed by atoms with E-state index in [9.17, 15) is 13.2 Å². The lowest BCUT2D eigenvalue weighted by atomic mass is 10.1. The number of anilines is 2. The Morgan fingerprint density at radius 2 is 1.53 bits per heavy atom. The number of carbonyl (C=O) groups is 1. The first-order valence-electron chi connectivity index (χ1n) is 9.95. The second-order valence-corrected chi connectivity index (χ2v) is 9.18. The van der Waals surface area contributed by atoms with Crippen molar-refractivity contribution in [3.05, 3.63) is 77.4 Å². The molecule has 0 spiro atoms. The van der Waals surface area contributed by atoms with Crippen molar-refractivity contribution in [1.82, 2.24) is 0 Å². The van der Waals surface area contributed by atoms with Crippen LogP contribution in [0.3, 0.4) is 0 Å². The maximum atomic E-state index is 12.8. The van der Waals surface area contributed by atoms with E-state index in [1.807, 2.05) is 45.0 Å². The van der Waals surface area contributed by atoms with Gasteiger partial charge in [0.2, 0.25) is 0 Å². The summed E-state index contributed by atoms with van der Waals surface area (Å²) in [6, 6.07) is 16.9. The second-order valence-electron chi connectivity index (χ2n) is 7.49. The first-order chi connectivity index (χ1) is 15.2. The average Bonchev–Trinajstić information content (AvgIpc) is 2.72. The number of carbonyl (C=O) groups excluding carboxylic acids is 1. The molecule has 0 radical (unpaired) electrons. The third kappa shape index (κ3) is 6.01. The fraction of sp³-hybridized carbons (Fsp3) is 0.208. The standard InChI is InChI=1S/C24H26N2O5S/c1-16-5-10-23(30-4)22(14-16)26-32(28,29)21-8-6-19(7-9-21)25-24(27)15-31-20-12-17(2)11-18(3)13-20/h5-14,26H,15H2,1-4H3,(H,25,27). The maximum Gasteiger partial charge on any atom is 0.262 e. The predicted molar refractivity (Wildman–Crippen MR) is 125 cm³/mol. The second kappa shape index (κ2) is 9.74. The fourth-order valence-electron chi connectivity index (χ4n) is 3.18. The third-order valence-electron chi connectivity index (χ3n) is 4.61. The lowest BCUT2D eigenvalue weighted by Gasteiger charge is -2.13. The molecule has 3 rings (SSSR count). The molecule has 2 N–H and O–H groups in total. The van der Waals surface area contributed by atoms with Crippen LogP contribution in [0.1, 0.15) is 16.7 Å². The van der Waals surface area contributed by atoms with Crippen molar-refractivity contribution >= 4 is 27.3 Å². The molecule has 0 unspecified atom stereocenters. The van der Waals surface area contributed by atoms with Crippen LogP contribution < -0.4 is 19.5 Å². The minimum Gasteiger partial charge on any atom is -0.495 e. The Bertz CT molecular complexity index is 1200. The molecule has 0 atom stereocenters. The molecular weight excluding hydrogens is 428 g/mol. The van der Waals surface area contributed by atoms with E-state index < -0.39 is 10.0 Å². The van der Waals surface area contributed by atoms with Crippen molar-refractivity contribution in [1.29, 1.82) is 0 Å². The quantitative estimate of drug-likeness (QED) is 0.525. The number of aryl methyl sites for hydroxylation is 3. The molecule has 0 saturated heterocycles. The van der Waals surface area contributed by atoms with Gasteiger partial charge in [-0.05, 0) is 86.0 Å². The number of amides is 1. The molecule has 168 valence electrons. The number of sulfonamides is 1. The van der Waals surface area contributed by atoms with Gasteiger partial charge >= 0.3 is 0 Å². The molecule has 0 saturated carbocycles. The van der Waals surface area contributed by atoms with E-state index in [1.165, 1.54) is 31.4 Å². The largest absolute Gasteiger partial charge is 0.495 e. The Hall–Kier alpha value is -3.52. The van der Waals surface area contributed by atoms with E-state index in [2.05, 4.69) is 10.0 Å². The van der Waals surface area contributed by atoms with Gasteiger partial charge in [0, 0.05) is 5.69 Å². The molecule has 1 amide bonds. The van der Waals surface area contributed by atoms with E-state index in [0.717, 1.165) is 16.7 Å². The SMILES string of the molecule is COc1ccc(C)cc1NS(=O)(=O)c1ccc(NC(=O)COc2cc(C)cc(C)c2)cc1. The van der Waals surface area contributed by atoms with Crippen molar-refractivity contribution in [2.75, 3.05) is 23.8 Å². The Kier molecular flexibility index (Phi) is 7.05. The zero-order chi connectivity index (χ0) is 23.3. The Balaban J connectivity index is 1.64. The van der Waals surface area contributed by atoms with Gasteiger partial charge in [0.25, 0.3) is 15.9 Å². The van der Waals surface area contributed by atoms with Crippen LogP contribution in [0, 0.1) is 20.8 Å². The minimum absolute atomic E-state index is 0.0607. The highest BCUT2D eigenvalue weighted by molar-refractivity contribution is 7.92. The van der Waals surface area contributed by atoms with Gasteiger partial charge in [0.1, 0.15) is 11.5 Å². The summed E-state index contributed by atoms with van der Waals surface area (Å²) in [5.74, 6) is 0.700. The Morgan fingerprint density at radius 1 is 0.875 bits per heavy atom. The summed E-state index contributed by atoms with van der Waals surface area (Å²) in [5, 5.41) is 2.70. The van der Waals surface area contributed by atoms with Crippen LogP contribution in [-0.4, -0.2) is 28.0 Å². The number of benzene rings is 3. The molecule has 0 fully saturated rings.